The first-order valence-electron chi connectivity index (χ1n) is 30.6. The monoisotopic (exact) mass is 1180 g/mol. The molecule has 2 atom stereocenters. The van der Waals surface area contributed by atoms with Gasteiger partial charge in [0.2, 0.25) is 11.8 Å². The Hall–Kier alpha value is -8.16. The van der Waals surface area contributed by atoms with Crippen LogP contribution in [0.4, 0.5) is 17.5 Å². The molecule has 5 aromatic rings. The summed E-state index contributed by atoms with van der Waals surface area (Å²) in [6.07, 6.45) is 14.8. The number of aromatic nitrogens is 3. The molecule has 462 valence electrons. The van der Waals surface area contributed by atoms with Crippen LogP contribution in [0.15, 0.2) is 72.8 Å². The van der Waals surface area contributed by atoms with Crippen LogP contribution in [-0.2, 0) is 67.2 Å². The van der Waals surface area contributed by atoms with E-state index in [-0.39, 0.29) is 60.4 Å². The number of fused-ring (bicyclic) bond motifs is 3. The van der Waals surface area contributed by atoms with E-state index in [0.717, 1.165) is 155 Å². The third kappa shape index (κ3) is 18.7. The normalized spacial score (nSPS) is 16.2. The van der Waals surface area contributed by atoms with Crippen molar-refractivity contribution in [1.82, 2.24) is 24.8 Å². The smallest absolute Gasteiger partial charge is 0.306 e. The van der Waals surface area contributed by atoms with E-state index in [1.54, 1.807) is 30.3 Å². The minimum atomic E-state index is -0.847. The molecule has 2 fully saturated rings. The molecule has 5 aliphatic rings. The summed E-state index contributed by atoms with van der Waals surface area (Å²) in [5, 5.41) is 47.8. The second kappa shape index (κ2) is 31.8. The van der Waals surface area contributed by atoms with E-state index in [9.17, 15) is 39.3 Å². The van der Waals surface area contributed by atoms with Crippen molar-refractivity contribution in [3.8, 4) is 23.0 Å². The van der Waals surface area contributed by atoms with Crippen molar-refractivity contribution in [2.45, 2.75) is 140 Å². The Kier molecular flexibility index (Phi) is 23.6. The third-order valence-electron chi connectivity index (χ3n) is 17.2. The largest absolute Gasteiger partial charge is 0.504 e. The number of aryl methyl sites for hydroxylation is 6. The van der Waals surface area contributed by atoms with Crippen LogP contribution in [0.2, 0.25) is 0 Å². The Morgan fingerprint density at radius 2 is 0.907 bits per heavy atom. The average molecular weight is 1180 g/mol. The van der Waals surface area contributed by atoms with E-state index in [4.69, 9.17) is 29.3 Å². The van der Waals surface area contributed by atoms with Crippen molar-refractivity contribution in [1.29, 1.82) is 0 Å². The lowest BCUT2D eigenvalue weighted by atomic mass is 9.82. The van der Waals surface area contributed by atoms with Crippen LogP contribution in [0.5, 0.6) is 23.0 Å². The summed E-state index contributed by atoms with van der Waals surface area (Å²) in [6, 6.07) is 22.6. The number of methoxy groups -OCH3 is 3. The number of nitrogens with one attached hydrogen (secondary N) is 3. The summed E-state index contributed by atoms with van der Waals surface area (Å²) in [5.41, 5.74) is 8.30. The molecule has 3 aromatic heterocycles. The number of amides is 2. The van der Waals surface area contributed by atoms with Gasteiger partial charge in [-0.1, -0.05) is 30.3 Å². The van der Waals surface area contributed by atoms with Gasteiger partial charge >= 0.3 is 17.9 Å². The number of benzene rings is 2. The van der Waals surface area contributed by atoms with E-state index in [0.29, 0.717) is 68.5 Å². The molecule has 86 heavy (non-hydrogen) atoms. The zero-order chi connectivity index (χ0) is 61.0. The molecular weight excluding hydrogens is 1100 g/mol. The van der Waals surface area contributed by atoms with Gasteiger partial charge in [-0.25, -0.2) is 15.0 Å². The Bertz CT molecular complexity index is 3110. The van der Waals surface area contributed by atoms with Crippen LogP contribution < -0.4 is 25.4 Å². The lowest BCUT2D eigenvalue weighted by molar-refractivity contribution is -0.141. The van der Waals surface area contributed by atoms with Gasteiger partial charge in [0.1, 0.15) is 17.5 Å². The van der Waals surface area contributed by atoms with Gasteiger partial charge in [0.25, 0.3) is 0 Å². The van der Waals surface area contributed by atoms with Crippen LogP contribution in [0.1, 0.15) is 147 Å². The number of carbonyl (C=O) groups is 5. The van der Waals surface area contributed by atoms with Crippen LogP contribution in [0.3, 0.4) is 0 Å². The number of hydrogen-bond acceptors (Lipinski definition) is 16. The number of aromatic hydroxyl groups is 2. The van der Waals surface area contributed by atoms with E-state index in [1.165, 1.54) is 38.0 Å². The van der Waals surface area contributed by atoms with Crippen LogP contribution in [0.25, 0.3) is 0 Å². The first kappa shape index (κ1) is 63.9. The minimum Gasteiger partial charge on any atom is -0.504 e. The number of anilines is 3. The Balaban J connectivity index is 0.000000181. The van der Waals surface area contributed by atoms with E-state index >= 15 is 0 Å². The van der Waals surface area contributed by atoms with Crippen LogP contribution >= 0.6 is 0 Å². The summed E-state index contributed by atoms with van der Waals surface area (Å²) in [7, 11) is 4.40. The van der Waals surface area contributed by atoms with Crippen LogP contribution in [0, 0.1) is 11.8 Å². The zero-order valence-corrected chi connectivity index (χ0v) is 50.1. The van der Waals surface area contributed by atoms with Crippen LogP contribution in [-0.4, -0.2) is 142 Å². The molecule has 0 radical (unpaired) electrons. The van der Waals surface area contributed by atoms with Crippen molar-refractivity contribution in [3.05, 3.63) is 118 Å². The highest BCUT2D eigenvalue weighted by Crippen LogP contribution is 2.39. The second-order valence-corrected chi connectivity index (χ2v) is 23.2. The summed E-state index contributed by atoms with van der Waals surface area (Å²) in [6.45, 7) is 5.72. The lowest BCUT2D eigenvalue weighted by Crippen LogP contribution is -2.39. The number of carboxylic acids is 2. The maximum absolute atomic E-state index is 12.9. The van der Waals surface area contributed by atoms with Gasteiger partial charge in [-0.2, -0.15) is 0 Å². The molecule has 10 rings (SSSR count). The number of hydrogen-bond donors (Lipinski definition) is 7. The lowest BCUT2D eigenvalue weighted by Gasteiger charge is -2.34. The Labute approximate surface area is 504 Å². The SMILES string of the molecule is COC(=O)CC(CC1CCN(C(=O)CCc2ccc3c(n2)NCCC3)CC1)c1ccc(O)c(OC)c1.COc1cc(C(CC(=O)O)CC2CCN(C(=O)CCc3ccc4c(n3)NCCC4)CC2)ccc1O.O=C(O)CCc1ccc2c(n1)NCCC2. The fourth-order valence-corrected chi connectivity index (χ4v) is 12.3. The van der Waals surface area contributed by atoms with Crippen molar-refractivity contribution in [3.63, 3.8) is 0 Å². The summed E-state index contributed by atoms with van der Waals surface area (Å²) in [5.74, 6) is 2.72. The number of piperidine rings is 2. The van der Waals surface area contributed by atoms with E-state index in [1.807, 2.05) is 40.1 Å². The van der Waals surface area contributed by atoms with Gasteiger partial charge in [-0.05, 0) is 184 Å². The molecular formula is C66H86N8O12. The molecule has 0 aliphatic carbocycles. The number of phenols is 2. The van der Waals surface area contributed by atoms with Gasteiger partial charge in [-0.3, -0.25) is 24.0 Å². The summed E-state index contributed by atoms with van der Waals surface area (Å²) in [4.78, 5) is 77.4. The molecule has 20 nitrogen and oxygen atoms in total. The quantitative estimate of drug-likeness (QED) is 0.0337. The molecule has 2 saturated heterocycles. The maximum atomic E-state index is 12.9. The van der Waals surface area contributed by atoms with Gasteiger partial charge in [-0.15, -0.1) is 0 Å². The molecule has 0 bridgehead atoms. The predicted octanol–water partition coefficient (Wildman–Crippen LogP) is 9.49. The zero-order valence-electron chi connectivity index (χ0n) is 50.1. The number of carbonyl (C=O) groups excluding carboxylic acids is 3. The predicted molar refractivity (Wildman–Crippen MR) is 327 cm³/mol. The molecule has 2 amide bonds. The summed E-state index contributed by atoms with van der Waals surface area (Å²) >= 11 is 0. The average Bonchev–Trinajstić information content (AvgIpc) is 3.44. The maximum Gasteiger partial charge on any atom is 0.306 e. The van der Waals surface area contributed by atoms with Crippen molar-refractivity contribution < 1.29 is 58.6 Å². The number of carboxylic acid groups (broad SMARTS) is 2. The Morgan fingerprint density at radius 3 is 1.27 bits per heavy atom. The number of esters is 1. The first-order chi connectivity index (χ1) is 41.6. The molecule has 5 aliphatic heterocycles. The highest BCUT2D eigenvalue weighted by atomic mass is 16.5. The molecule has 8 heterocycles. The molecule has 7 N–H and O–H groups in total. The van der Waals surface area contributed by atoms with Gasteiger partial charge in [0.15, 0.2) is 23.0 Å². The standard InChI is InChI=1S/C28H37N3O5.C27H35N3O5.C11H14N2O2/c1-35-25-17-21(6-9-24(25)32)22(18-27(34)36-2)16-19-11-14-31(15-12-19)26(33)10-8-23-7-5-20-4-3-13-29-28(20)30-23;1-35-24-16-20(5-8-23(24)31)21(17-26(33)34)15-18-10-13-30(14-11-18)25(32)9-7-22-6-4-19-3-2-12-28-27(19)29-22;14-10(15)6-5-9-4-3-8-2-1-7-12-11(8)13-9/h5-7,9,17,19,22,32H,3-4,8,10-16,18H2,1-2H3,(H,29,30);4-6,8,16,18,21,31H,2-3,7,9-15,17H2,1H3,(H,28,29)(H,33,34);3-4H,1-2,5-7H2,(H,12,13)(H,14,15). The molecule has 2 aromatic carbocycles. The number of nitrogens with zero attached hydrogens (tertiary/aromatic N) is 5. The fraction of sp³-hybridized carbons (Fsp3) is 0.515. The van der Waals surface area contributed by atoms with Gasteiger partial charge in [0, 0.05) is 82.2 Å². The topological polar surface area (TPSA) is 275 Å². The Morgan fingerprint density at radius 1 is 0.523 bits per heavy atom. The molecule has 0 saturated carbocycles. The van der Waals surface area contributed by atoms with E-state index < -0.39 is 11.9 Å². The highest BCUT2D eigenvalue weighted by molar-refractivity contribution is 5.77. The van der Waals surface area contributed by atoms with E-state index in [2.05, 4.69) is 33.1 Å². The number of likely N-dealkylation sites (tertiary alicyclic amines) is 2. The fourth-order valence-electron chi connectivity index (χ4n) is 12.3. The van der Waals surface area contributed by atoms with Gasteiger partial charge in [0.05, 0.1) is 40.6 Å². The van der Waals surface area contributed by atoms with Gasteiger partial charge < -0.3 is 60.4 Å². The number of pyridine rings is 3. The number of phenolic OH excluding ortho intramolecular Hbond substituents is 2. The first-order valence-corrected chi connectivity index (χ1v) is 30.6. The highest BCUT2D eigenvalue weighted by Gasteiger charge is 2.30. The summed E-state index contributed by atoms with van der Waals surface area (Å²) < 4.78 is 15.4. The third-order valence-corrected chi connectivity index (χ3v) is 17.2. The van der Waals surface area contributed by atoms with Crippen molar-refractivity contribution in [2.24, 2.45) is 11.8 Å². The molecule has 20 heteroatoms. The minimum absolute atomic E-state index is 0.0235. The number of aliphatic carboxylic acids is 2. The van der Waals surface area contributed by atoms with Crippen molar-refractivity contribution >= 4 is 47.2 Å². The molecule has 0 spiro atoms. The molecule has 2 unspecified atom stereocenters. The number of ether oxygens (including phenoxy) is 3. The number of rotatable bonds is 21. The second-order valence-electron chi connectivity index (χ2n) is 23.2. The van der Waals surface area contributed by atoms with Crippen molar-refractivity contribution in [2.75, 3.05) is 83.1 Å².